The van der Waals surface area contributed by atoms with Crippen molar-refractivity contribution in [2.24, 2.45) is 17.2 Å². The van der Waals surface area contributed by atoms with Gasteiger partial charge in [-0.25, -0.2) is 0 Å². The van der Waals surface area contributed by atoms with E-state index in [4.69, 9.17) is 17.2 Å². The molecule has 2 aromatic carbocycles. The molecule has 2 atom stereocenters. The highest BCUT2D eigenvalue weighted by Gasteiger charge is 2.37. The van der Waals surface area contributed by atoms with E-state index in [2.05, 4.69) is 10.6 Å². The molecular formula is C27H34F6N6O3. The minimum absolute atomic E-state index is 0.0148. The largest absolute Gasteiger partial charge is 0.416 e. The van der Waals surface area contributed by atoms with E-state index in [0.29, 0.717) is 12.1 Å². The molecule has 3 amide bonds. The average Bonchev–Trinajstić information content (AvgIpc) is 2.93. The summed E-state index contributed by atoms with van der Waals surface area (Å²) >= 11 is 0. The van der Waals surface area contributed by atoms with Crippen molar-refractivity contribution in [3.05, 3.63) is 70.8 Å². The van der Waals surface area contributed by atoms with Gasteiger partial charge < -0.3 is 32.7 Å². The number of hydrogen-bond donors (Lipinski definition) is 5. The number of benzene rings is 2. The van der Waals surface area contributed by atoms with Gasteiger partial charge >= 0.3 is 12.4 Å². The molecule has 0 saturated carbocycles. The van der Waals surface area contributed by atoms with Crippen molar-refractivity contribution >= 4 is 17.7 Å². The summed E-state index contributed by atoms with van der Waals surface area (Å²) in [5, 5.41) is 4.74. The maximum Gasteiger partial charge on any atom is 0.416 e. The molecule has 0 saturated heterocycles. The molecule has 0 aliphatic rings. The van der Waals surface area contributed by atoms with Gasteiger partial charge in [0, 0.05) is 32.7 Å². The van der Waals surface area contributed by atoms with E-state index in [1.807, 2.05) is 0 Å². The van der Waals surface area contributed by atoms with Gasteiger partial charge in [0.25, 0.3) is 0 Å². The Morgan fingerprint density at radius 3 is 1.86 bits per heavy atom. The van der Waals surface area contributed by atoms with E-state index in [-0.39, 0.29) is 45.1 Å². The fourth-order valence-electron chi connectivity index (χ4n) is 4.02. The fourth-order valence-corrected chi connectivity index (χ4v) is 4.02. The number of nitrogens with one attached hydrogen (secondary N) is 2. The Morgan fingerprint density at radius 2 is 1.36 bits per heavy atom. The molecular weight excluding hydrogens is 570 g/mol. The van der Waals surface area contributed by atoms with Gasteiger partial charge in [-0.2, -0.15) is 26.3 Å². The molecule has 2 unspecified atom stereocenters. The van der Waals surface area contributed by atoms with E-state index in [1.54, 1.807) is 30.3 Å². The Bertz CT molecular complexity index is 1150. The summed E-state index contributed by atoms with van der Waals surface area (Å²) < 4.78 is 79.3. The number of halogens is 6. The zero-order valence-corrected chi connectivity index (χ0v) is 22.6. The maximum absolute atomic E-state index is 13.2. The second-order valence-electron chi connectivity index (χ2n) is 9.49. The lowest BCUT2D eigenvalue weighted by molar-refractivity contribution is -0.143. The number of nitrogens with zero attached hydrogens (tertiary/aromatic N) is 1. The maximum atomic E-state index is 13.2. The van der Waals surface area contributed by atoms with E-state index in [0.717, 1.165) is 5.56 Å². The highest BCUT2D eigenvalue weighted by atomic mass is 19.4. The number of aryl methyl sites for hydroxylation is 1. The highest BCUT2D eigenvalue weighted by Crippen LogP contribution is 2.36. The van der Waals surface area contributed by atoms with Crippen LogP contribution in [0.1, 0.15) is 35.1 Å². The number of amides is 3. The minimum Gasteiger partial charge on any atom is -0.350 e. The van der Waals surface area contributed by atoms with Gasteiger partial charge in [-0.05, 0) is 42.2 Å². The second-order valence-corrected chi connectivity index (χ2v) is 9.49. The van der Waals surface area contributed by atoms with Crippen molar-refractivity contribution in [1.29, 1.82) is 0 Å². The molecule has 9 nitrogen and oxygen atoms in total. The first-order chi connectivity index (χ1) is 19.6. The summed E-state index contributed by atoms with van der Waals surface area (Å²) in [6.07, 6.45) is -10.2. The lowest BCUT2D eigenvalue weighted by Crippen LogP contribution is -2.53. The van der Waals surface area contributed by atoms with Crippen LogP contribution in [0.25, 0.3) is 0 Å². The summed E-state index contributed by atoms with van der Waals surface area (Å²) in [6.45, 7) is 0.0217. The molecule has 42 heavy (non-hydrogen) atoms. The lowest BCUT2D eigenvalue weighted by Gasteiger charge is -2.24. The third-order valence-electron chi connectivity index (χ3n) is 6.19. The van der Waals surface area contributed by atoms with Crippen LogP contribution in [0.4, 0.5) is 26.3 Å². The number of rotatable bonds is 14. The molecule has 0 aliphatic carbocycles. The van der Waals surface area contributed by atoms with E-state index in [9.17, 15) is 40.7 Å². The second kappa shape index (κ2) is 15.5. The van der Waals surface area contributed by atoms with Gasteiger partial charge in [0.1, 0.15) is 6.04 Å². The quantitative estimate of drug-likeness (QED) is 0.208. The van der Waals surface area contributed by atoms with Crippen molar-refractivity contribution in [2.75, 3.05) is 26.2 Å². The van der Waals surface area contributed by atoms with Crippen LogP contribution in [0.15, 0.2) is 48.5 Å². The SMILES string of the molecule is NCCN(CCN)C(=O)CC(N)C(=O)NC(CCc1ccccc1)C(=O)NCc1cc(C(F)(F)F)cc(C(F)(F)F)c1. The van der Waals surface area contributed by atoms with Crippen molar-refractivity contribution < 1.29 is 40.7 Å². The summed E-state index contributed by atoms with van der Waals surface area (Å²) in [6, 6.07) is 7.18. The molecule has 8 N–H and O–H groups in total. The van der Waals surface area contributed by atoms with Crippen molar-refractivity contribution in [1.82, 2.24) is 15.5 Å². The smallest absolute Gasteiger partial charge is 0.350 e. The van der Waals surface area contributed by atoms with Gasteiger partial charge in [-0.15, -0.1) is 0 Å². The van der Waals surface area contributed by atoms with E-state index in [1.165, 1.54) is 4.90 Å². The predicted molar refractivity (Wildman–Crippen MR) is 142 cm³/mol. The Morgan fingerprint density at radius 1 is 0.810 bits per heavy atom. The van der Waals surface area contributed by atoms with Crippen molar-refractivity contribution in [3.8, 4) is 0 Å². The molecule has 0 heterocycles. The zero-order valence-electron chi connectivity index (χ0n) is 22.6. The Kier molecular flexibility index (Phi) is 12.7. The summed E-state index contributed by atoms with van der Waals surface area (Å²) in [7, 11) is 0. The molecule has 0 radical (unpaired) electrons. The summed E-state index contributed by atoms with van der Waals surface area (Å²) in [5.74, 6) is -2.20. The van der Waals surface area contributed by atoms with Gasteiger partial charge in [0.15, 0.2) is 0 Å². The number of hydrogen-bond acceptors (Lipinski definition) is 6. The highest BCUT2D eigenvalue weighted by molar-refractivity contribution is 5.92. The number of alkyl halides is 6. The standard InChI is InChI=1S/C27H34F6N6O3/c28-26(29,30)19-12-18(13-20(14-19)27(31,32)33)16-37-25(42)22(7-6-17-4-2-1-3-5-17)38-24(41)21(36)15-23(40)39(10-8-34)11-9-35/h1-5,12-14,21-22H,6-11,15-16,34-36H2,(H,37,42)(H,38,41). The topological polar surface area (TPSA) is 157 Å². The molecule has 15 heteroatoms. The van der Waals surface area contributed by atoms with Crippen LogP contribution in [0, 0.1) is 0 Å². The first-order valence-corrected chi connectivity index (χ1v) is 13.0. The van der Waals surface area contributed by atoms with Crippen molar-refractivity contribution in [3.63, 3.8) is 0 Å². The van der Waals surface area contributed by atoms with Gasteiger partial charge in [-0.1, -0.05) is 30.3 Å². The van der Waals surface area contributed by atoms with Crippen molar-refractivity contribution in [2.45, 2.75) is 50.2 Å². The molecule has 0 aromatic heterocycles. The molecule has 0 fully saturated rings. The minimum atomic E-state index is -5.05. The molecule has 2 rings (SSSR count). The first-order valence-electron chi connectivity index (χ1n) is 13.0. The Balaban J connectivity index is 2.19. The van der Waals surface area contributed by atoms with Gasteiger partial charge in [-0.3, -0.25) is 14.4 Å². The van der Waals surface area contributed by atoms with Gasteiger partial charge in [0.2, 0.25) is 17.7 Å². The number of carbonyl (C=O) groups excluding carboxylic acids is 3. The predicted octanol–water partition coefficient (Wildman–Crippen LogP) is 1.92. The third-order valence-corrected chi connectivity index (χ3v) is 6.19. The summed E-state index contributed by atoms with van der Waals surface area (Å²) in [5.41, 5.74) is 14.2. The van der Waals surface area contributed by atoms with Crippen LogP contribution in [-0.4, -0.2) is 60.9 Å². The van der Waals surface area contributed by atoms with Crippen LogP contribution in [0.2, 0.25) is 0 Å². The molecule has 2 aromatic rings. The Labute approximate surface area is 238 Å². The van der Waals surface area contributed by atoms with E-state index >= 15 is 0 Å². The lowest BCUT2D eigenvalue weighted by atomic mass is 10.0. The molecule has 232 valence electrons. The van der Waals surface area contributed by atoms with Gasteiger partial charge in [0.05, 0.1) is 23.6 Å². The number of nitrogens with two attached hydrogens (primary N) is 3. The molecule has 0 aliphatic heterocycles. The number of carbonyl (C=O) groups is 3. The van der Waals surface area contributed by atoms with Crippen LogP contribution in [-0.2, 0) is 39.7 Å². The fraction of sp³-hybridized carbons (Fsp3) is 0.444. The van der Waals surface area contributed by atoms with Crippen LogP contribution in [0.5, 0.6) is 0 Å². The monoisotopic (exact) mass is 604 g/mol. The third kappa shape index (κ3) is 10.9. The van der Waals surface area contributed by atoms with Crippen LogP contribution in [0.3, 0.4) is 0 Å². The van der Waals surface area contributed by atoms with E-state index < -0.39 is 71.8 Å². The molecule has 0 bridgehead atoms. The normalized spacial score (nSPS) is 13.3. The summed E-state index contributed by atoms with van der Waals surface area (Å²) in [4.78, 5) is 39.8. The first kappa shape index (κ1) is 34.5. The zero-order chi connectivity index (χ0) is 31.5. The average molecular weight is 605 g/mol. The van der Waals surface area contributed by atoms with Crippen LogP contribution >= 0.6 is 0 Å². The molecule has 0 spiro atoms. The van der Waals surface area contributed by atoms with Crippen LogP contribution < -0.4 is 27.8 Å². The Hall–Kier alpha value is -3.69.